The van der Waals surface area contributed by atoms with E-state index < -0.39 is 12.2 Å². The standard InChI is InChI=1S/C17H16F3N/c1-13(15-10-6-3-7-11-15)21-16(17(18,19)20)12-14-8-4-2-5-9-14/h2-11,16H,12H2,1H3/t16-/m1/s1. The van der Waals surface area contributed by atoms with Crippen molar-refractivity contribution in [3.05, 3.63) is 71.8 Å². The molecule has 4 heteroatoms. The Morgan fingerprint density at radius 2 is 1.48 bits per heavy atom. The van der Waals surface area contributed by atoms with Gasteiger partial charge in [0.1, 0.15) is 6.04 Å². The number of aliphatic imine (C=N–C) groups is 1. The van der Waals surface area contributed by atoms with Crippen molar-refractivity contribution in [1.82, 2.24) is 0 Å². The Bertz CT molecular complexity index is 588. The van der Waals surface area contributed by atoms with E-state index in [-0.39, 0.29) is 6.42 Å². The molecule has 2 rings (SSSR count). The summed E-state index contributed by atoms with van der Waals surface area (Å²) >= 11 is 0. The lowest BCUT2D eigenvalue weighted by atomic mass is 10.1. The molecular formula is C17H16F3N. The molecule has 0 amide bonds. The largest absolute Gasteiger partial charge is 0.411 e. The quantitative estimate of drug-likeness (QED) is 0.726. The van der Waals surface area contributed by atoms with Gasteiger partial charge in [-0.25, -0.2) is 0 Å². The van der Waals surface area contributed by atoms with Gasteiger partial charge in [-0.1, -0.05) is 60.7 Å². The van der Waals surface area contributed by atoms with Gasteiger partial charge in [-0.2, -0.15) is 13.2 Å². The Kier molecular flexibility index (Phi) is 4.78. The third-order valence-corrected chi connectivity index (χ3v) is 3.19. The molecule has 0 bridgehead atoms. The predicted octanol–water partition coefficient (Wildman–Crippen LogP) is 4.67. The van der Waals surface area contributed by atoms with Crippen LogP contribution in [-0.2, 0) is 6.42 Å². The fraction of sp³-hybridized carbons (Fsp3) is 0.235. The van der Waals surface area contributed by atoms with Crippen molar-refractivity contribution in [2.45, 2.75) is 25.6 Å². The van der Waals surface area contributed by atoms with Crippen LogP contribution in [0.25, 0.3) is 0 Å². The summed E-state index contributed by atoms with van der Waals surface area (Å²) in [6, 6.07) is 15.8. The van der Waals surface area contributed by atoms with Gasteiger partial charge in [-0.05, 0) is 18.1 Å². The number of alkyl halides is 3. The molecule has 2 aromatic rings. The van der Waals surface area contributed by atoms with Gasteiger partial charge in [0.05, 0.1) is 0 Å². The van der Waals surface area contributed by atoms with E-state index in [2.05, 4.69) is 4.99 Å². The van der Waals surface area contributed by atoms with Gasteiger partial charge in [0.25, 0.3) is 0 Å². The van der Waals surface area contributed by atoms with Crippen molar-refractivity contribution in [3.63, 3.8) is 0 Å². The molecule has 0 aliphatic heterocycles. The molecule has 0 N–H and O–H groups in total. The van der Waals surface area contributed by atoms with Gasteiger partial charge in [-0.3, -0.25) is 4.99 Å². The summed E-state index contributed by atoms with van der Waals surface area (Å²) in [5.74, 6) is 0. The van der Waals surface area contributed by atoms with Crippen molar-refractivity contribution < 1.29 is 13.2 Å². The van der Waals surface area contributed by atoms with Gasteiger partial charge in [0, 0.05) is 12.1 Å². The van der Waals surface area contributed by atoms with Crippen LogP contribution in [0.1, 0.15) is 18.1 Å². The average Bonchev–Trinajstić information content (AvgIpc) is 2.47. The first-order chi connectivity index (χ1) is 9.97. The van der Waals surface area contributed by atoms with E-state index >= 15 is 0 Å². The normalized spacial score (nSPS) is 14.0. The van der Waals surface area contributed by atoms with Crippen molar-refractivity contribution in [3.8, 4) is 0 Å². The molecule has 0 saturated heterocycles. The topological polar surface area (TPSA) is 12.4 Å². The van der Waals surface area contributed by atoms with Crippen LogP contribution in [-0.4, -0.2) is 17.9 Å². The highest BCUT2D eigenvalue weighted by atomic mass is 19.4. The molecule has 21 heavy (non-hydrogen) atoms. The highest BCUT2D eigenvalue weighted by Crippen LogP contribution is 2.26. The van der Waals surface area contributed by atoms with Crippen molar-refractivity contribution in [2.75, 3.05) is 0 Å². The van der Waals surface area contributed by atoms with Crippen LogP contribution < -0.4 is 0 Å². The summed E-state index contributed by atoms with van der Waals surface area (Å²) in [5.41, 5.74) is 1.73. The molecule has 2 aromatic carbocycles. The van der Waals surface area contributed by atoms with E-state index in [0.29, 0.717) is 16.8 Å². The van der Waals surface area contributed by atoms with Gasteiger partial charge >= 0.3 is 6.18 Å². The molecule has 0 spiro atoms. The minimum Gasteiger partial charge on any atom is -0.276 e. The van der Waals surface area contributed by atoms with E-state index in [1.54, 1.807) is 61.5 Å². The number of halogens is 3. The molecular weight excluding hydrogens is 275 g/mol. The number of hydrogen-bond acceptors (Lipinski definition) is 1. The van der Waals surface area contributed by atoms with Crippen LogP contribution in [0.4, 0.5) is 13.2 Å². The average molecular weight is 291 g/mol. The van der Waals surface area contributed by atoms with Gasteiger partial charge in [0.2, 0.25) is 0 Å². The maximum absolute atomic E-state index is 13.2. The maximum atomic E-state index is 13.2. The second kappa shape index (κ2) is 6.57. The zero-order valence-electron chi connectivity index (χ0n) is 11.6. The molecule has 0 aliphatic carbocycles. The number of benzene rings is 2. The van der Waals surface area contributed by atoms with Crippen LogP contribution in [0.15, 0.2) is 65.7 Å². The molecule has 0 radical (unpaired) electrons. The predicted molar refractivity (Wildman–Crippen MR) is 78.6 cm³/mol. The summed E-state index contributed by atoms with van der Waals surface area (Å²) in [5, 5.41) is 0. The maximum Gasteiger partial charge on any atom is 0.411 e. The smallest absolute Gasteiger partial charge is 0.276 e. The van der Waals surface area contributed by atoms with Gasteiger partial charge in [-0.15, -0.1) is 0 Å². The van der Waals surface area contributed by atoms with E-state index in [1.807, 2.05) is 6.07 Å². The lowest BCUT2D eigenvalue weighted by Crippen LogP contribution is -2.30. The van der Waals surface area contributed by atoms with E-state index in [4.69, 9.17) is 0 Å². The number of rotatable bonds is 4. The highest BCUT2D eigenvalue weighted by Gasteiger charge is 2.39. The zero-order valence-corrected chi connectivity index (χ0v) is 11.6. The fourth-order valence-electron chi connectivity index (χ4n) is 2.06. The molecule has 1 nitrogen and oxygen atoms in total. The lowest BCUT2D eigenvalue weighted by molar-refractivity contribution is -0.146. The minimum absolute atomic E-state index is 0.144. The zero-order chi connectivity index (χ0) is 15.3. The van der Waals surface area contributed by atoms with Gasteiger partial charge in [0.15, 0.2) is 0 Å². The summed E-state index contributed by atoms with van der Waals surface area (Å²) in [6.07, 6.45) is -4.50. The summed E-state index contributed by atoms with van der Waals surface area (Å²) in [7, 11) is 0. The van der Waals surface area contributed by atoms with Crippen LogP contribution >= 0.6 is 0 Å². The first-order valence-corrected chi connectivity index (χ1v) is 6.67. The monoisotopic (exact) mass is 291 g/mol. The molecule has 0 unspecified atom stereocenters. The Balaban J connectivity index is 2.25. The van der Waals surface area contributed by atoms with E-state index in [1.165, 1.54) is 0 Å². The second-order valence-corrected chi connectivity index (χ2v) is 4.83. The lowest BCUT2D eigenvalue weighted by Gasteiger charge is -2.17. The molecule has 0 aliphatic rings. The third-order valence-electron chi connectivity index (χ3n) is 3.19. The molecule has 1 atom stereocenters. The van der Waals surface area contributed by atoms with Crippen LogP contribution in [0.2, 0.25) is 0 Å². The van der Waals surface area contributed by atoms with E-state index in [0.717, 1.165) is 0 Å². The Labute approximate surface area is 122 Å². The highest BCUT2D eigenvalue weighted by molar-refractivity contribution is 5.98. The van der Waals surface area contributed by atoms with Crippen molar-refractivity contribution >= 4 is 5.71 Å². The molecule has 0 aromatic heterocycles. The van der Waals surface area contributed by atoms with Crippen LogP contribution in [0.5, 0.6) is 0 Å². The van der Waals surface area contributed by atoms with Crippen molar-refractivity contribution in [1.29, 1.82) is 0 Å². The minimum atomic E-state index is -4.36. The summed E-state index contributed by atoms with van der Waals surface area (Å²) in [4.78, 5) is 3.90. The summed E-state index contributed by atoms with van der Waals surface area (Å²) in [6.45, 7) is 1.61. The van der Waals surface area contributed by atoms with Crippen LogP contribution in [0, 0.1) is 0 Å². The Hall–Kier alpha value is -2.10. The Morgan fingerprint density at radius 1 is 0.952 bits per heavy atom. The Morgan fingerprint density at radius 3 is 2.00 bits per heavy atom. The van der Waals surface area contributed by atoms with Crippen molar-refractivity contribution in [2.24, 2.45) is 4.99 Å². The first-order valence-electron chi connectivity index (χ1n) is 6.67. The molecule has 0 saturated carbocycles. The third kappa shape index (κ3) is 4.45. The first kappa shape index (κ1) is 15.3. The molecule has 0 heterocycles. The SMILES string of the molecule is CC(=N[C@H](Cc1ccccc1)C(F)(F)F)c1ccccc1. The second-order valence-electron chi connectivity index (χ2n) is 4.83. The molecule has 110 valence electrons. The molecule has 0 fully saturated rings. The van der Waals surface area contributed by atoms with E-state index in [9.17, 15) is 13.2 Å². The van der Waals surface area contributed by atoms with Gasteiger partial charge < -0.3 is 0 Å². The number of nitrogens with zero attached hydrogens (tertiary/aromatic N) is 1. The summed E-state index contributed by atoms with van der Waals surface area (Å²) < 4.78 is 39.5. The fourth-order valence-corrected chi connectivity index (χ4v) is 2.06. The van der Waals surface area contributed by atoms with Crippen LogP contribution in [0.3, 0.4) is 0 Å². The number of hydrogen-bond donors (Lipinski definition) is 0.